The number of carbonyl (C=O) groups is 2. The van der Waals surface area contributed by atoms with E-state index in [1.807, 2.05) is 13.0 Å². The predicted molar refractivity (Wildman–Crippen MR) is 77.4 cm³/mol. The molecule has 0 radical (unpaired) electrons. The molecule has 2 rings (SSSR count). The summed E-state index contributed by atoms with van der Waals surface area (Å²) in [5.41, 5.74) is 2.22. The van der Waals surface area contributed by atoms with Crippen LogP contribution in [0.3, 0.4) is 0 Å². The van der Waals surface area contributed by atoms with E-state index in [0.717, 1.165) is 5.56 Å². The highest BCUT2D eigenvalue weighted by atomic mass is 19.4. The van der Waals surface area contributed by atoms with Gasteiger partial charge in [0.25, 0.3) is 0 Å². The van der Waals surface area contributed by atoms with Gasteiger partial charge in [0.2, 0.25) is 0 Å². The maximum atomic E-state index is 12.7. The Morgan fingerprint density at radius 1 is 1.26 bits per heavy atom. The summed E-state index contributed by atoms with van der Waals surface area (Å²) >= 11 is 0. The van der Waals surface area contributed by atoms with Crippen LogP contribution in [0.4, 0.5) is 13.2 Å². The van der Waals surface area contributed by atoms with Crippen LogP contribution in [0.2, 0.25) is 0 Å². The summed E-state index contributed by atoms with van der Waals surface area (Å²) in [6, 6.07) is 7.05. The van der Waals surface area contributed by atoms with E-state index in [1.165, 1.54) is 7.11 Å². The van der Waals surface area contributed by atoms with E-state index in [0.29, 0.717) is 21.6 Å². The predicted octanol–water partition coefficient (Wildman–Crippen LogP) is 2.72. The van der Waals surface area contributed by atoms with E-state index in [1.54, 1.807) is 18.2 Å². The van der Waals surface area contributed by atoms with Crippen LogP contribution in [0.5, 0.6) is 0 Å². The van der Waals surface area contributed by atoms with Crippen molar-refractivity contribution >= 4 is 17.4 Å². The number of alkyl halides is 3. The van der Waals surface area contributed by atoms with Gasteiger partial charge in [-0.25, -0.2) is 4.79 Å². The summed E-state index contributed by atoms with van der Waals surface area (Å²) in [6.07, 6.45) is -4.90. The van der Waals surface area contributed by atoms with Gasteiger partial charge < -0.3 is 9.64 Å². The zero-order valence-corrected chi connectivity index (χ0v) is 12.7. The number of aryl methyl sites for hydroxylation is 1. The molecule has 4 nitrogen and oxygen atoms in total. The van der Waals surface area contributed by atoms with Crippen molar-refractivity contribution in [2.24, 2.45) is 0 Å². The van der Waals surface area contributed by atoms with Crippen LogP contribution in [0.25, 0.3) is 5.57 Å². The van der Waals surface area contributed by atoms with Crippen LogP contribution < -0.4 is 0 Å². The van der Waals surface area contributed by atoms with Gasteiger partial charge in [-0.15, -0.1) is 0 Å². The quantitative estimate of drug-likeness (QED) is 0.785. The molecule has 0 N–H and O–H groups in total. The molecule has 0 spiro atoms. The molecule has 1 aromatic carbocycles. The molecule has 1 aromatic rings. The third-order valence-corrected chi connectivity index (χ3v) is 3.67. The molecule has 0 bridgehead atoms. The number of rotatable bonds is 2. The molecule has 23 heavy (non-hydrogen) atoms. The van der Waals surface area contributed by atoms with Crippen LogP contribution in [0.15, 0.2) is 29.8 Å². The summed E-state index contributed by atoms with van der Waals surface area (Å²) in [4.78, 5) is 24.1. The van der Waals surface area contributed by atoms with Crippen molar-refractivity contribution in [2.45, 2.75) is 19.5 Å². The number of halogens is 3. The fourth-order valence-electron chi connectivity index (χ4n) is 2.56. The molecular weight excluding hydrogens is 311 g/mol. The third kappa shape index (κ3) is 3.72. The Labute approximate surface area is 131 Å². The van der Waals surface area contributed by atoms with Gasteiger partial charge in [0.1, 0.15) is 0 Å². The number of ether oxygens (including phenoxy) is 1. The van der Waals surface area contributed by atoms with Gasteiger partial charge in [-0.05, 0) is 24.5 Å². The van der Waals surface area contributed by atoms with E-state index < -0.39 is 18.1 Å². The van der Waals surface area contributed by atoms with Crippen molar-refractivity contribution in [3.05, 3.63) is 41.0 Å². The molecular formula is C16H16F3NO3. The molecule has 7 heteroatoms. The Balaban J connectivity index is 2.43. The lowest BCUT2D eigenvalue weighted by Gasteiger charge is -2.31. The largest absolute Gasteiger partial charge is 0.471 e. The summed E-state index contributed by atoms with van der Waals surface area (Å²) in [6.45, 7) is 1.40. The highest BCUT2D eigenvalue weighted by Crippen LogP contribution is 2.30. The van der Waals surface area contributed by atoms with Gasteiger partial charge in [0, 0.05) is 18.7 Å². The van der Waals surface area contributed by atoms with Crippen molar-refractivity contribution < 1.29 is 27.5 Å². The Kier molecular flexibility index (Phi) is 4.77. The second-order valence-corrected chi connectivity index (χ2v) is 5.29. The Bertz CT molecular complexity index is 665. The second kappa shape index (κ2) is 6.44. The topological polar surface area (TPSA) is 46.6 Å². The van der Waals surface area contributed by atoms with Crippen LogP contribution in [-0.4, -0.2) is 43.2 Å². The second-order valence-electron chi connectivity index (χ2n) is 5.29. The molecule has 0 saturated heterocycles. The van der Waals surface area contributed by atoms with Crippen molar-refractivity contribution in [2.75, 3.05) is 20.2 Å². The van der Waals surface area contributed by atoms with E-state index in [-0.39, 0.29) is 19.5 Å². The van der Waals surface area contributed by atoms with Crippen LogP contribution in [0, 0.1) is 6.92 Å². The first-order chi connectivity index (χ1) is 10.7. The average Bonchev–Trinajstić information content (AvgIpc) is 2.52. The number of benzene rings is 1. The van der Waals surface area contributed by atoms with Crippen molar-refractivity contribution in [1.29, 1.82) is 0 Å². The molecule has 0 unspecified atom stereocenters. The van der Waals surface area contributed by atoms with Crippen LogP contribution in [-0.2, 0) is 14.3 Å². The first kappa shape index (κ1) is 17.1. The van der Waals surface area contributed by atoms with Gasteiger partial charge in [-0.2, -0.15) is 13.2 Å². The monoisotopic (exact) mass is 327 g/mol. The van der Waals surface area contributed by atoms with Crippen molar-refractivity contribution in [3.63, 3.8) is 0 Å². The molecule has 1 aliphatic rings. The summed E-state index contributed by atoms with van der Waals surface area (Å²) in [7, 11) is 1.22. The number of hydrogen-bond donors (Lipinski definition) is 0. The van der Waals surface area contributed by atoms with Crippen molar-refractivity contribution in [3.8, 4) is 0 Å². The number of hydrogen-bond acceptors (Lipinski definition) is 3. The smallest absolute Gasteiger partial charge is 0.466 e. The zero-order valence-electron chi connectivity index (χ0n) is 12.7. The van der Waals surface area contributed by atoms with E-state index >= 15 is 0 Å². The van der Waals surface area contributed by atoms with Crippen LogP contribution in [0.1, 0.15) is 17.5 Å². The number of methoxy groups -OCH3 is 1. The van der Waals surface area contributed by atoms with E-state index in [2.05, 4.69) is 0 Å². The van der Waals surface area contributed by atoms with Gasteiger partial charge in [-0.3, -0.25) is 4.79 Å². The molecule has 124 valence electrons. The minimum absolute atomic E-state index is 0.0256. The first-order valence-corrected chi connectivity index (χ1v) is 6.97. The lowest BCUT2D eigenvalue weighted by molar-refractivity contribution is -0.185. The minimum Gasteiger partial charge on any atom is -0.466 e. The fraction of sp³-hybridized carbons (Fsp3) is 0.375. The lowest BCUT2D eigenvalue weighted by Crippen LogP contribution is -2.44. The summed E-state index contributed by atoms with van der Waals surface area (Å²) in [5.74, 6) is -2.48. The molecule has 0 saturated carbocycles. The minimum atomic E-state index is -4.93. The maximum Gasteiger partial charge on any atom is 0.471 e. The van der Waals surface area contributed by atoms with E-state index in [9.17, 15) is 22.8 Å². The zero-order chi connectivity index (χ0) is 17.2. The summed E-state index contributed by atoms with van der Waals surface area (Å²) in [5, 5.41) is 0. The van der Waals surface area contributed by atoms with Crippen LogP contribution >= 0.6 is 0 Å². The highest BCUT2D eigenvalue weighted by molar-refractivity contribution is 5.99. The molecule has 1 aliphatic heterocycles. The standard InChI is InChI=1S/C16H16F3NO3/c1-10-4-3-5-11(8-10)13-9-20(15(22)16(17,18)19)7-6-12(13)14(21)23-2/h3-5,8H,6-7,9H2,1-2H3. The average molecular weight is 327 g/mol. The van der Waals surface area contributed by atoms with Gasteiger partial charge in [0.15, 0.2) is 0 Å². The molecule has 1 heterocycles. The lowest BCUT2D eigenvalue weighted by atomic mass is 9.93. The molecule has 0 atom stereocenters. The van der Waals surface area contributed by atoms with Gasteiger partial charge in [-0.1, -0.05) is 29.8 Å². The maximum absolute atomic E-state index is 12.7. The SMILES string of the molecule is COC(=O)C1=C(c2cccc(C)c2)CN(C(=O)C(F)(F)F)CC1. The van der Waals surface area contributed by atoms with Gasteiger partial charge >= 0.3 is 18.1 Å². The Morgan fingerprint density at radius 3 is 2.52 bits per heavy atom. The van der Waals surface area contributed by atoms with Gasteiger partial charge in [0.05, 0.1) is 7.11 Å². The number of nitrogens with zero attached hydrogens (tertiary/aromatic N) is 1. The number of esters is 1. The Morgan fingerprint density at radius 2 is 1.96 bits per heavy atom. The fourth-order valence-corrected chi connectivity index (χ4v) is 2.56. The normalized spacial score (nSPS) is 15.6. The number of amides is 1. The van der Waals surface area contributed by atoms with Crippen molar-refractivity contribution in [1.82, 2.24) is 4.90 Å². The molecule has 0 aliphatic carbocycles. The Hall–Kier alpha value is -2.31. The first-order valence-electron chi connectivity index (χ1n) is 6.97. The molecule has 0 aromatic heterocycles. The third-order valence-electron chi connectivity index (χ3n) is 3.67. The number of carbonyl (C=O) groups excluding carboxylic acids is 2. The van der Waals surface area contributed by atoms with E-state index in [4.69, 9.17) is 4.74 Å². The summed E-state index contributed by atoms with van der Waals surface area (Å²) < 4.78 is 42.7. The highest BCUT2D eigenvalue weighted by Gasteiger charge is 2.43. The molecule has 1 amide bonds. The molecule has 0 fully saturated rings.